The molecular formula is C21H15Cl3. The van der Waals surface area contributed by atoms with Crippen molar-refractivity contribution in [1.29, 1.82) is 0 Å². The lowest BCUT2D eigenvalue weighted by Gasteiger charge is -2.15. The van der Waals surface area contributed by atoms with E-state index >= 15 is 0 Å². The van der Waals surface area contributed by atoms with Gasteiger partial charge in [-0.2, -0.15) is 0 Å². The highest BCUT2D eigenvalue weighted by Gasteiger charge is 2.13. The average molecular weight is 374 g/mol. The second-order valence-electron chi connectivity index (χ2n) is 5.46. The largest absolute Gasteiger partial charge is 0.0843 e. The molecule has 120 valence electrons. The molecule has 0 saturated heterocycles. The van der Waals surface area contributed by atoms with Crippen LogP contribution >= 0.6 is 34.8 Å². The van der Waals surface area contributed by atoms with Crippen LogP contribution in [-0.4, -0.2) is 0 Å². The van der Waals surface area contributed by atoms with Crippen molar-refractivity contribution < 1.29 is 0 Å². The molecule has 0 spiro atoms. The molecule has 0 unspecified atom stereocenters. The Morgan fingerprint density at radius 3 is 1.58 bits per heavy atom. The smallest absolute Gasteiger partial charge is 0.0448 e. The Kier molecular flexibility index (Phi) is 5.63. The summed E-state index contributed by atoms with van der Waals surface area (Å²) in [5.41, 5.74) is 3.23. The highest BCUT2D eigenvalue weighted by molar-refractivity contribution is 6.48. The summed E-state index contributed by atoms with van der Waals surface area (Å²) in [6, 6.07) is 25.6. The maximum atomic E-state index is 6.57. The van der Waals surface area contributed by atoms with Gasteiger partial charge >= 0.3 is 0 Å². The van der Waals surface area contributed by atoms with Crippen molar-refractivity contribution >= 4 is 39.8 Å². The van der Waals surface area contributed by atoms with E-state index in [4.69, 9.17) is 34.8 Å². The first-order chi connectivity index (χ1) is 11.6. The van der Waals surface area contributed by atoms with Crippen molar-refractivity contribution in [1.82, 2.24) is 0 Å². The first-order valence-corrected chi connectivity index (χ1v) is 8.70. The Morgan fingerprint density at radius 2 is 1.12 bits per heavy atom. The molecule has 3 heteroatoms. The monoisotopic (exact) mass is 372 g/mol. The molecular weight excluding hydrogens is 359 g/mol. The summed E-state index contributed by atoms with van der Waals surface area (Å²) in [4.78, 5) is 0. The van der Waals surface area contributed by atoms with Gasteiger partial charge in [0.25, 0.3) is 0 Å². The van der Waals surface area contributed by atoms with E-state index in [2.05, 4.69) is 6.08 Å². The Hall–Kier alpha value is -1.73. The zero-order chi connectivity index (χ0) is 16.9. The van der Waals surface area contributed by atoms with Crippen LogP contribution in [0.3, 0.4) is 0 Å². The van der Waals surface area contributed by atoms with E-state index in [-0.39, 0.29) is 5.92 Å². The van der Waals surface area contributed by atoms with E-state index < -0.39 is 0 Å². The van der Waals surface area contributed by atoms with Crippen LogP contribution in [-0.2, 0) is 0 Å². The summed E-state index contributed by atoms with van der Waals surface area (Å²) < 4.78 is 0. The van der Waals surface area contributed by atoms with Gasteiger partial charge in [-0.15, -0.1) is 0 Å². The van der Waals surface area contributed by atoms with Gasteiger partial charge < -0.3 is 0 Å². The van der Waals surface area contributed by atoms with Gasteiger partial charge in [-0.05, 0) is 41.0 Å². The Morgan fingerprint density at radius 1 is 0.667 bits per heavy atom. The first kappa shape index (κ1) is 17.1. The summed E-state index contributed by atoms with van der Waals surface area (Å²) in [5.74, 6) is 0.0206. The molecule has 0 fully saturated rings. The quantitative estimate of drug-likeness (QED) is 0.446. The molecule has 3 rings (SSSR count). The van der Waals surface area contributed by atoms with Crippen molar-refractivity contribution in [3.63, 3.8) is 0 Å². The molecule has 0 N–H and O–H groups in total. The van der Waals surface area contributed by atoms with Gasteiger partial charge in [0.1, 0.15) is 0 Å². The van der Waals surface area contributed by atoms with Crippen LogP contribution in [0, 0.1) is 0 Å². The lowest BCUT2D eigenvalue weighted by atomic mass is 9.90. The average Bonchev–Trinajstić information content (AvgIpc) is 2.62. The van der Waals surface area contributed by atoms with E-state index in [1.807, 2.05) is 78.9 Å². The van der Waals surface area contributed by atoms with Crippen LogP contribution in [0.2, 0.25) is 10.0 Å². The van der Waals surface area contributed by atoms with Gasteiger partial charge in [0, 0.05) is 21.0 Å². The maximum Gasteiger partial charge on any atom is 0.0448 e. The van der Waals surface area contributed by atoms with Crippen molar-refractivity contribution in [2.45, 2.75) is 5.92 Å². The summed E-state index contributed by atoms with van der Waals surface area (Å²) in [6.45, 7) is 0. The second kappa shape index (κ2) is 7.90. The van der Waals surface area contributed by atoms with E-state index in [1.165, 1.54) is 0 Å². The van der Waals surface area contributed by atoms with Crippen LogP contribution in [0.25, 0.3) is 5.03 Å². The summed E-state index contributed by atoms with van der Waals surface area (Å²) in [7, 11) is 0. The molecule has 0 saturated carbocycles. The minimum absolute atomic E-state index is 0.0206. The van der Waals surface area contributed by atoms with Crippen LogP contribution in [0.15, 0.2) is 84.9 Å². The van der Waals surface area contributed by atoms with Crippen molar-refractivity contribution in [3.05, 3.63) is 112 Å². The zero-order valence-corrected chi connectivity index (χ0v) is 15.1. The first-order valence-electron chi connectivity index (χ1n) is 7.57. The number of benzene rings is 3. The molecule has 0 atom stereocenters. The topological polar surface area (TPSA) is 0 Å². The van der Waals surface area contributed by atoms with Crippen LogP contribution in [0.1, 0.15) is 22.6 Å². The van der Waals surface area contributed by atoms with E-state index in [0.717, 1.165) is 16.7 Å². The van der Waals surface area contributed by atoms with Gasteiger partial charge in [0.05, 0.1) is 0 Å². The van der Waals surface area contributed by atoms with Gasteiger partial charge in [-0.1, -0.05) is 95.5 Å². The SMILES string of the molecule is Cl/C(=C/C(c1ccc(Cl)cc1)c1ccc(Cl)cc1)c1ccccc1. The fourth-order valence-corrected chi connectivity index (χ4v) is 3.07. The number of rotatable bonds is 4. The van der Waals surface area contributed by atoms with Gasteiger partial charge in [0.15, 0.2) is 0 Å². The number of halogens is 3. The normalized spacial score (nSPS) is 11.8. The Labute approximate surface area is 157 Å². The molecule has 0 aliphatic carbocycles. The fourth-order valence-electron chi connectivity index (χ4n) is 2.57. The molecule has 0 aromatic heterocycles. The van der Waals surface area contributed by atoms with Crippen molar-refractivity contribution in [2.75, 3.05) is 0 Å². The standard InChI is InChI=1S/C21H15Cl3/c22-18-10-6-15(7-11-18)20(16-8-12-19(23)13-9-16)14-21(24)17-4-2-1-3-5-17/h1-14,20H/b21-14+. The predicted molar refractivity (Wildman–Crippen MR) is 105 cm³/mol. The molecule has 0 aliphatic rings. The summed E-state index contributed by atoms with van der Waals surface area (Å²) in [6.07, 6.45) is 2.06. The third-order valence-electron chi connectivity index (χ3n) is 3.82. The number of hydrogen-bond acceptors (Lipinski definition) is 0. The third-order valence-corrected chi connectivity index (χ3v) is 4.67. The van der Waals surface area contributed by atoms with Gasteiger partial charge in [-0.3, -0.25) is 0 Å². The van der Waals surface area contributed by atoms with E-state index in [1.54, 1.807) is 0 Å². The summed E-state index contributed by atoms with van der Waals surface area (Å²) >= 11 is 18.6. The lowest BCUT2D eigenvalue weighted by molar-refractivity contribution is 1.03. The highest BCUT2D eigenvalue weighted by atomic mass is 35.5. The molecule has 3 aromatic rings. The minimum atomic E-state index is 0.0206. The molecule has 0 radical (unpaired) electrons. The Balaban J connectivity index is 2.04. The predicted octanol–water partition coefficient (Wildman–Crippen LogP) is 7.41. The number of allylic oxidation sites excluding steroid dienone is 1. The molecule has 3 aromatic carbocycles. The third kappa shape index (κ3) is 4.21. The highest BCUT2D eigenvalue weighted by Crippen LogP contribution is 2.32. The molecule has 0 amide bonds. The number of hydrogen-bond donors (Lipinski definition) is 0. The zero-order valence-electron chi connectivity index (χ0n) is 12.8. The molecule has 0 aliphatic heterocycles. The van der Waals surface area contributed by atoms with Gasteiger partial charge in [0.2, 0.25) is 0 Å². The van der Waals surface area contributed by atoms with E-state index in [0.29, 0.717) is 15.1 Å². The molecule has 0 bridgehead atoms. The molecule has 0 nitrogen and oxygen atoms in total. The maximum absolute atomic E-state index is 6.57. The lowest BCUT2D eigenvalue weighted by Crippen LogP contribution is -1.98. The Bertz CT molecular complexity index is 774. The molecule has 24 heavy (non-hydrogen) atoms. The fraction of sp³-hybridized carbons (Fsp3) is 0.0476. The minimum Gasteiger partial charge on any atom is -0.0843 e. The van der Waals surface area contributed by atoms with Crippen LogP contribution in [0.4, 0.5) is 0 Å². The van der Waals surface area contributed by atoms with Crippen LogP contribution in [0.5, 0.6) is 0 Å². The molecule has 0 heterocycles. The van der Waals surface area contributed by atoms with Crippen molar-refractivity contribution in [2.24, 2.45) is 0 Å². The summed E-state index contributed by atoms with van der Waals surface area (Å²) in [5, 5.41) is 2.14. The van der Waals surface area contributed by atoms with Crippen molar-refractivity contribution in [3.8, 4) is 0 Å². The van der Waals surface area contributed by atoms with Gasteiger partial charge in [-0.25, -0.2) is 0 Å². The van der Waals surface area contributed by atoms with E-state index in [9.17, 15) is 0 Å². The van der Waals surface area contributed by atoms with Crippen LogP contribution < -0.4 is 0 Å². The second-order valence-corrected chi connectivity index (χ2v) is 6.74.